The van der Waals surface area contributed by atoms with Gasteiger partial charge in [0, 0.05) is 0 Å². The highest BCUT2D eigenvalue weighted by atomic mass is 127. The van der Waals surface area contributed by atoms with Crippen LogP contribution in [0.15, 0.2) is 101 Å². The zero-order valence-electron chi connectivity index (χ0n) is 24.0. The molecule has 0 saturated carbocycles. The highest BCUT2D eigenvalue weighted by Gasteiger charge is 2.36. The predicted molar refractivity (Wildman–Crippen MR) is 183 cm³/mol. The van der Waals surface area contributed by atoms with Gasteiger partial charge in [0.05, 0.1) is 26.5 Å². The molecule has 214 valence electrons. The van der Waals surface area contributed by atoms with Gasteiger partial charge in [-0.15, -0.1) is 0 Å². The van der Waals surface area contributed by atoms with Crippen LogP contribution in [-0.4, -0.2) is 17.7 Å². The summed E-state index contributed by atoms with van der Waals surface area (Å²) in [5.74, 6) is 1.26. The quantitative estimate of drug-likeness (QED) is 0.123. The van der Waals surface area contributed by atoms with E-state index >= 15 is 0 Å². The van der Waals surface area contributed by atoms with Crippen LogP contribution < -0.4 is 14.4 Å². The zero-order chi connectivity index (χ0) is 29.5. The molecule has 0 aromatic heterocycles. The molecular weight excluding hydrogens is 655 g/mol. The number of aliphatic imine (C=N–C) groups is 1. The van der Waals surface area contributed by atoms with Gasteiger partial charge in [-0.1, -0.05) is 80.6 Å². The fourth-order valence-corrected chi connectivity index (χ4v) is 6.53. The molecule has 7 heteroatoms. The summed E-state index contributed by atoms with van der Waals surface area (Å²) in [6, 6.07) is 30.2. The molecule has 0 bridgehead atoms. The molecule has 1 aliphatic heterocycles. The van der Waals surface area contributed by atoms with Crippen molar-refractivity contribution in [2.75, 3.05) is 11.5 Å². The number of rotatable bonds is 10. The third-order valence-electron chi connectivity index (χ3n) is 6.86. The van der Waals surface area contributed by atoms with Gasteiger partial charge in [0.1, 0.15) is 6.61 Å². The largest absolute Gasteiger partial charge is 0.490 e. The Hall–Kier alpha value is -3.56. The van der Waals surface area contributed by atoms with Crippen LogP contribution in [0.3, 0.4) is 0 Å². The Labute approximate surface area is 265 Å². The van der Waals surface area contributed by atoms with Crippen LogP contribution in [0.2, 0.25) is 0 Å². The van der Waals surface area contributed by atoms with Gasteiger partial charge >= 0.3 is 0 Å². The summed E-state index contributed by atoms with van der Waals surface area (Å²) < 4.78 is 13.1. The summed E-state index contributed by atoms with van der Waals surface area (Å²) in [4.78, 5) is 21.4. The maximum atomic E-state index is 14.1. The molecule has 0 N–H and O–H groups in total. The number of aryl methyl sites for hydroxylation is 2. The monoisotopic (exact) mass is 688 g/mol. The molecule has 42 heavy (non-hydrogen) atoms. The van der Waals surface area contributed by atoms with E-state index in [2.05, 4.69) is 48.6 Å². The Balaban J connectivity index is 1.54. The smallest absolute Gasteiger partial charge is 0.271 e. The molecule has 4 aromatic carbocycles. The standard InChI is InChI=1S/C35H33IN2O3S/c1-4-26-16-10-12-18-29(26)37-35-38(30-19-13-11-17-27(30)5-2)34(39)32(42-35)22-25-20-28(36)33(31(21-25)40-6-3)41-23-24-14-8-7-9-15-24/h7-22H,4-6,23H2,1-3H3/b32-22+,37-35?. The number of amidine groups is 1. The fourth-order valence-electron chi connectivity index (χ4n) is 4.77. The van der Waals surface area contributed by atoms with Crippen LogP contribution in [0.5, 0.6) is 11.5 Å². The van der Waals surface area contributed by atoms with Crippen LogP contribution in [0.4, 0.5) is 11.4 Å². The van der Waals surface area contributed by atoms with E-state index < -0.39 is 0 Å². The van der Waals surface area contributed by atoms with Crippen molar-refractivity contribution < 1.29 is 14.3 Å². The summed E-state index contributed by atoms with van der Waals surface area (Å²) in [7, 11) is 0. The molecule has 1 saturated heterocycles. The minimum atomic E-state index is -0.0917. The first-order valence-corrected chi connectivity index (χ1v) is 16.0. The van der Waals surface area contributed by atoms with Crippen LogP contribution in [-0.2, 0) is 24.2 Å². The number of carbonyl (C=O) groups excluding carboxylic acids is 1. The van der Waals surface area contributed by atoms with Gasteiger partial charge in [-0.05, 0) is 107 Å². The van der Waals surface area contributed by atoms with Crippen molar-refractivity contribution in [3.8, 4) is 11.5 Å². The second kappa shape index (κ2) is 14.1. The van der Waals surface area contributed by atoms with Crippen molar-refractivity contribution in [2.24, 2.45) is 4.99 Å². The number of benzene rings is 4. The Morgan fingerprint density at radius 3 is 2.29 bits per heavy atom. The second-order valence-corrected chi connectivity index (χ2v) is 11.8. The van der Waals surface area contributed by atoms with E-state index in [1.807, 2.05) is 91.9 Å². The molecule has 5 nitrogen and oxygen atoms in total. The number of nitrogens with zero attached hydrogens (tertiary/aromatic N) is 2. The van der Waals surface area contributed by atoms with Gasteiger partial charge in [0.2, 0.25) is 0 Å². The average Bonchev–Trinajstić information content (AvgIpc) is 3.31. The molecule has 1 aliphatic rings. The van der Waals surface area contributed by atoms with Crippen molar-refractivity contribution in [1.29, 1.82) is 0 Å². The van der Waals surface area contributed by atoms with Gasteiger partial charge in [0.15, 0.2) is 16.7 Å². The minimum Gasteiger partial charge on any atom is -0.490 e. The maximum absolute atomic E-state index is 14.1. The lowest BCUT2D eigenvalue weighted by atomic mass is 10.1. The first-order valence-electron chi connectivity index (χ1n) is 14.1. The Morgan fingerprint density at radius 1 is 0.857 bits per heavy atom. The van der Waals surface area contributed by atoms with Crippen molar-refractivity contribution in [3.63, 3.8) is 0 Å². The number of ether oxygens (including phenoxy) is 2. The molecule has 0 spiro atoms. The minimum absolute atomic E-state index is 0.0917. The van der Waals surface area contributed by atoms with Gasteiger partial charge in [-0.3, -0.25) is 9.69 Å². The van der Waals surface area contributed by atoms with Crippen LogP contribution in [0, 0.1) is 3.57 Å². The lowest BCUT2D eigenvalue weighted by Crippen LogP contribution is -2.29. The summed E-state index contributed by atoms with van der Waals surface area (Å²) in [5.41, 5.74) is 5.92. The molecule has 1 fully saturated rings. The van der Waals surface area contributed by atoms with Crippen LogP contribution >= 0.6 is 34.4 Å². The summed E-state index contributed by atoms with van der Waals surface area (Å²) >= 11 is 3.67. The number of carbonyl (C=O) groups is 1. The maximum Gasteiger partial charge on any atom is 0.271 e. The molecule has 1 heterocycles. The molecule has 1 amide bonds. The van der Waals surface area contributed by atoms with E-state index in [-0.39, 0.29) is 5.91 Å². The summed E-state index contributed by atoms with van der Waals surface area (Å²) in [6.45, 7) is 7.11. The zero-order valence-corrected chi connectivity index (χ0v) is 26.9. The number of thioether (sulfide) groups is 1. The number of anilines is 1. The van der Waals surface area contributed by atoms with E-state index in [0.29, 0.717) is 34.8 Å². The van der Waals surface area contributed by atoms with E-state index in [0.717, 1.165) is 50.0 Å². The third-order valence-corrected chi connectivity index (χ3v) is 8.63. The van der Waals surface area contributed by atoms with E-state index in [1.54, 1.807) is 4.90 Å². The highest BCUT2D eigenvalue weighted by Crippen LogP contribution is 2.41. The number of halogens is 1. The lowest BCUT2D eigenvalue weighted by Gasteiger charge is -2.19. The third kappa shape index (κ3) is 6.73. The van der Waals surface area contributed by atoms with Crippen LogP contribution in [0.1, 0.15) is 43.0 Å². The van der Waals surface area contributed by atoms with E-state index in [9.17, 15) is 4.79 Å². The molecule has 5 rings (SSSR count). The SMILES string of the molecule is CCOc1cc(/C=C2/SC(=Nc3ccccc3CC)N(c3ccccc3CC)C2=O)cc(I)c1OCc1ccccc1. The summed E-state index contributed by atoms with van der Waals surface area (Å²) in [6.07, 6.45) is 3.59. The molecule has 0 atom stereocenters. The number of para-hydroxylation sites is 2. The molecule has 0 aliphatic carbocycles. The van der Waals surface area contributed by atoms with Crippen molar-refractivity contribution >= 4 is 62.9 Å². The number of hydrogen-bond donors (Lipinski definition) is 0. The highest BCUT2D eigenvalue weighted by molar-refractivity contribution is 14.1. The van der Waals surface area contributed by atoms with E-state index in [4.69, 9.17) is 14.5 Å². The van der Waals surface area contributed by atoms with Crippen molar-refractivity contribution in [1.82, 2.24) is 0 Å². The van der Waals surface area contributed by atoms with Crippen molar-refractivity contribution in [2.45, 2.75) is 40.2 Å². The van der Waals surface area contributed by atoms with Gasteiger partial charge in [-0.25, -0.2) is 4.99 Å². The molecule has 4 aromatic rings. The average molecular weight is 689 g/mol. The number of hydrogen-bond acceptors (Lipinski definition) is 5. The first kappa shape index (κ1) is 29.9. The van der Waals surface area contributed by atoms with Crippen molar-refractivity contribution in [3.05, 3.63) is 122 Å². The molecular formula is C35H33IN2O3S. The molecule has 0 unspecified atom stereocenters. The van der Waals surface area contributed by atoms with Gasteiger partial charge in [0.25, 0.3) is 5.91 Å². The van der Waals surface area contributed by atoms with Gasteiger partial charge < -0.3 is 9.47 Å². The topological polar surface area (TPSA) is 51.1 Å². The van der Waals surface area contributed by atoms with Gasteiger partial charge in [-0.2, -0.15) is 0 Å². The lowest BCUT2D eigenvalue weighted by molar-refractivity contribution is -0.113. The van der Waals surface area contributed by atoms with E-state index in [1.165, 1.54) is 11.8 Å². The first-order chi connectivity index (χ1) is 20.5. The number of amides is 1. The second-order valence-electron chi connectivity index (χ2n) is 9.65. The van der Waals surface area contributed by atoms with Crippen LogP contribution in [0.25, 0.3) is 6.08 Å². The Bertz CT molecular complexity index is 1630. The Kier molecular flexibility index (Phi) is 10.0. The fraction of sp³-hybridized carbons (Fsp3) is 0.200. The normalized spacial score (nSPS) is 15.0. The molecule has 0 radical (unpaired) electrons. The predicted octanol–water partition coefficient (Wildman–Crippen LogP) is 9.20. The summed E-state index contributed by atoms with van der Waals surface area (Å²) in [5, 5.41) is 0.649. The Morgan fingerprint density at radius 2 is 1.55 bits per heavy atom.